The summed E-state index contributed by atoms with van der Waals surface area (Å²) in [6.45, 7) is 1.12. The molecule has 0 bridgehead atoms. The smallest absolute Gasteiger partial charge is 0.135 e. The van der Waals surface area contributed by atoms with Crippen molar-refractivity contribution in [2.45, 2.75) is 18.9 Å². The van der Waals surface area contributed by atoms with Crippen molar-refractivity contribution in [1.29, 1.82) is 0 Å². The fourth-order valence-electron chi connectivity index (χ4n) is 1.44. The van der Waals surface area contributed by atoms with Crippen LogP contribution in [0.25, 0.3) is 0 Å². The van der Waals surface area contributed by atoms with Crippen molar-refractivity contribution < 1.29 is 0 Å². The van der Waals surface area contributed by atoms with Crippen LogP contribution in [0.1, 0.15) is 24.7 Å². The Bertz CT molecular complexity index is 245. The molecule has 1 aromatic rings. The summed E-state index contributed by atoms with van der Waals surface area (Å²) in [7, 11) is 0. The monoisotopic (exact) mass is 251 g/mol. The maximum Gasteiger partial charge on any atom is 0.135 e. The third kappa shape index (κ3) is 1.81. The molecule has 1 fully saturated rings. The summed E-state index contributed by atoms with van der Waals surface area (Å²) < 4.78 is 1.90. The molecule has 0 amide bonds. The molecule has 1 saturated heterocycles. The molecule has 2 rings (SSSR count). The molecule has 2 heterocycles. The first-order valence-corrected chi connectivity index (χ1v) is 4.51. The van der Waals surface area contributed by atoms with Crippen LogP contribution >= 0.6 is 28.6 Å². The molecule has 1 atom stereocenters. The van der Waals surface area contributed by atoms with Crippen LogP contribution in [0.5, 0.6) is 0 Å². The Balaban J connectivity index is 0.000000720. The van der Waals surface area contributed by atoms with Crippen molar-refractivity contribution in [1.82, 2.24) is 13.9 Å². The topological polar surface area (TPSA) is 29.9 Å². The third-order valence-corrected chi connectivity index (χ3v) is 2.59. The Labute approximate surface area is 86.3 Å². The van der Waals surface area contributed by atoms with Gasteiger partial charge < -0.3 is 5.32 Å². The van der Waals surface area contributed by atoms with Gasteiger partial charge in [0.25, 0.3) is 0 Å². The number of imidazole rings is 1. The van der Waals surface area contributed by atoms with E-state index in [9.17, 15) is 0 Å². The average molecular weight is 253 g/mol. The minimum Gasteiger partial charge on any atom is -0.307 e. The summed E-state index contributed by atoms with van der Waals surface area (Å²) in [5.74, 6) is 1.09. The van der Waals surface area contributed by atoms with Crippen molar-refractivity contribution in [3.63, 3.8) is 0 Å². The zero-order valence-corrected chi connectivity index (χ0v) is 8.94. The van der Waals surface area contributed by atoms with Gasteiger partial charge in [0, 0.05) is 12.4 Å². The van der Waals surface area contributed by atoms with Gasteiger partial charge in [-0.15, -0.1) is 12.4 Å². The van der Waals surface area contributed by atoms with E-state index in [0.29, 0.717) is 6.04 Å². The SMILES string of the molecule is Brn1ccnc1[C@@H]1CCCN1.Cl. The predicted octanol–water partition coefficient (Wildman–Crippen LogP) is 1.89. The van der Waals surface area contributed by atoms with Gasteiger partial charge in [0.2, 0.25) is 0 Å². The molecule has 0 radical (unpaired) electrons. The molecule has 1 aliphatic rings. The zero-order chi connectivity index (χ0) is 7.68. The number of rotatable bonds is 1. The Hall–Kier alpha value is -0.0600. The number of aromatic nitrogens is 2. The molecule has 0 aromatic carbocycles. The number of halogens is 2. The Morgan fingerprint density at radius 2 is 2.50 bits per heavy atom. The molecule has 68 valence electrons. The van der Waals surface area contributed by atoms with Gasteiger partial charge in [-0.25, -0.2) is 4.98 Å². The van der Waals surface area contributed by atoms with Crippen LogP contribution in [0.15, 0.2) is 12.4 Å². The van der Waals surface area contributed by atoms with Crippen molar-refractivity contribution in [2.75, 3.05) is 6.54 Å². The molecule has 0 saturated carbocycles. The first kappa shape index (κ1) is 10.0. The van der Waals surface area contributed by atoms with Gasteiger partial charge in [-0.3, -0.25) is 3.59 Å². The summed E-state index contributed by atoms with van der Waals surface area (Å²) >= 11 is 3.39. The number of nitrogens with zero attached hydrogens (tertiary/aromatic N) is 2. The van der Waals surface area contributed by atoms with Crippen LogP contribution in [0.2, 0.25) is 0 Å². The summed E-state index contributed by atoms with van der Waals surface area (Å²) in [6.07, 6.45) is 6.17. The lowest BCUT2D eigenvalue weighted by atomic mass is 10.2. The summed E-state index contributed by atoms with van der Waals surface area (Å²) in [5.41, 5.74) is 0. The van der Waals surface area contributed by atoms with E-state index in [0.717, 1.165) is 12.4 Å². The molecular weight excluding hydrogens is 241 g/mol. The molecule has 1 aliphatic heterocycles. The molecule has 5 heteroatoms. The molecular formula is C7H11BrClN3. The average Bonchev–Trinajstić information content (AvgIpc) is 2.55. The lowest BCUT2D eigenvalue weighted by molar-refractivity contribution is 0.608. The number of nitrogens with one attached hydrogen (secondary N) is 1. The van der Waals surface area contributed by atoms with Gasteiger partial charge in [0.1, 0.15) is 5.82 Å². The second-order valence-electron chi connectivity index (χ2n) is 2.75. The van der Waals surface area contributed by atoms with E-state index < -0.39 is 0 Å². The fourth-order valence-corrected chi connectivity index (χ4v) is 1.89. The van der Waals surface area contributed by atoms with Crippen molar-refractivity contribution >= 4 is 28.6 Å². The number of hydrogen-bond donors (Lipinski definition) is 1. The highest BCUT2D eigenvalue weighted by Crippen LogP contribution is 2.22. The van der Waals surface area contributed by atoms with Crippen LogP contribution in [-0.2, 0) is 0 Å². The molecule has 3 nitrogen and oxygen atoms in total. The Morgan fingerprint density at radius 3 is 3.00 bits per heavy atom. The highest BCUT2D eigenvalue weighted by Gasteiger charge is 2.19. The third-order valence-electron chi connectivity index (χ3n) is 2.00. The van der Waals surface area contributed by atoms with E-state index in [1.807, 2.05) is 16.0 Å². The van der Waals surface area contributed by atoms with Gasteiger partial charge in [-0.2, -0.15) is 0 Å². The normalized spacial score (nSPS) is 22.2. The van der Waals surface area contributed by atoms with E-state index in [-0.39, 0.29) is 12.4 Å². The molecule has 0 unspecified atom stereocenters. The maximum atomic E-state index is 4.25. The largest absolute Gasteiger partial charge is 0.307 e. The van der Waals surface area contributed by atoms with Crippen molar-refractivity contribution in [3.8, 4) is 0 Å². The minimum atomic E-state index is 0. The fraction of sp³-hybridized carbons (Fsp3) is 0.571. The van der Waals surface area contributed by atoms with Crippen LogP contribution in [-0.4, -0.2) is 15.1 Å². The standard InChI is InChI=1S/C7H10BrN3.ClH/c8-11-5-4-10-7(11)6-2-1-3-9-6;/h4-6,9H,1-3H2;1H/t6-;/m0./s1. The van der Waals surface area contributed by atoms with Crippen molar-refractivity contribution in [3.05, 3.63) is 18.2 Å². The Morgan fingerprint density at radius 1 is 1.67 bits per heavy atom. The first-order chi connectivity index (χ1) is 5.38. The summed E-state index contributed by atoms with van der Waals surface area (Å²) in [5, 5.41) is 3.39. The van der Waals surface area contributed by atoms with E-state index in [1.54, 1.807) is 0 Å². The van der Waals surface area contributed by atoms with Crippen LogP contribution in [0.4, 0.5) is 0 Å². The van der Waals surface area contributed by atoms with Gasteiger partial charge in [-0.1, -0.05) is 0 Å². The summed E-state index contributed by atoms with van der Waals surface area (Å²) in [6, 6.07) is 0.448. The molecule has 0 aliphatic carbocycles. The second-order valence-corrected chi connectivity index (χ2v) is 3.51. The van der Waals surface area contributed by atoms with Crippen LogP contribution in [0, 0.1) is 0 Å². The predicted molar refractivity (Wildman–Crippen MR) is 53.8 cm³/mol. The van der Waals surface area contributed by atoms with Crippen LogP contribution < -0.4 is 5.32 Å². The maximum absolute atomic E-state index is 4.25. The Kier molecular flexibility index (Phi) is 3.55. The molecule has 1 N–H and O–H groups in total. The lowest BCUT2D eigenvalue weighted by Crippen LogP contribution is -2.15. The lowest BCUT2D eigenvalue weighted by Gasteiger charge is -2.07. The first-order valence-electron chi connectivity index (χ1n) is 3.81. The molecule has 1 aromatic heterocycles. The van der Waals surface area contributed by atoms with E-state index in [1.165, 1.54) is 12.8 Å². The highest BCUT2D eigenvalue weighted by atomic mass is 79.9. The highest BCUT2D eigenvalue weighted by molar-refractivity contribution is 9.08. The van der Waals surface area contributed by atoms with E-state index in [2.05, 4.69) is 26.4 Å². The van der Waals surface area contributed by atoms with Gasteiger partial charge in [0.15, 0.2) is 0 Å². The quantitative estimate of drug-likeness (QED) is 0.827. The molecule has 0 spiro atoms. The second kappa shape index (κ2) is 4.25. The van der Waals surface area contributed by atoms with Gasteiger partial charge >= 0.3 is 0 Å². The number of hydrogen-bond acceptors (Lipinski definition) is 2. The van der Waals surface area contributed by atoms with Crippen molar-refractivity contribution in [2.24, 2.45) is 0 Å². The van der Waals surface area contributed by atoms with Gasteiger partial charge in [-0.05, 0) is 19.4 Å². The zero-order valence-electron chi connectivity index (χ0n) is 6.53. The molecule has 12 heavy (non-hydrogen) atoms. The van der Waals surface area contributed by atoms with Crippen LogP contribution in [0.3, 0.4) is 0 Å². The summed E-state index contributed by atoms with van der Waals surface area (Å²) in [4.78, 5) is 4.25. The van der Waals surface area contributed by atoms with Gasteiger partial charge in [0.05, 0.1) is 22.2 Å². The van der Waals surface area contributed by atoms with E-state index >= 15 is 0 Å². The minimum absolute atomic E-state index is 0. The van der Waals surface area contributed by atoms with E-state index in [4.69, 9.17) is 0 Å².